The van der Waals surface area contributed by atoms with Crippen molar-refractivity contribution < 1.29 is 14.6 Å². The van der Waals surface area contributed by atoms with Gasteiger partial charge in [0.1, 0.15) is 6.10 Å². The molecule has 2 atom stereocenters. The summed E-state index contributed by atoms with van der Waals surface area (Å²) in [6.07, 6.45) is 4.13. The van der Waals surface area contributed by atoms with Gasteiger partial charge >= 0.3 is 5.97 Å². The third kappa shape index (κ3) is 4.97. The molecular weight excluding hydrogens is 324 g/mol. The number of carbonyl (C=O) groups excluding carboxylic acids is 1. The number of hydrogen-bond donors (Lipinski definition) is 1. The van der Waals surface area contributed by atoms with E-state index < -0.39 is 12.2 Å². The molecule has 3 rings (SSSR count). The van der Waals surface area contributed by atoms with Gasteiger partial charge in [-0.3, -0.25) is 0 Å². The van der Waals surface area contributed by atoms with E-state index in [-0.39, 0.29) is 11.9 Å². The van der Waals surface area contributed by atoms with Crippen molar-refractivity contribution in [3.05, 3.63) is 71.8 Å². The first-order chi connectivity index (χ1) is 12.7. The van der Waals surface area contributed by atoms with Crippen molar-refractivity contribution in [3.63, 3.8) is 0 Å². The van der Waals surface area contributed by atoms with E-state index in [0.29, 0.717) is 5.56 Å². The van der Waals surface area contributed by atoms with Crippen LogP contribution in [0.1, 0.15) is 54.1 Å². The topological polar surface area (TPSA) is 46.5 Å². The van der Waals surface area contributed by atoms with Gasteiger partial charge in [0, 0.05) is 5.92 Å². The van der Waals surface area contributed by atoms with E-state index in [1.54, 1.807) is 12.1 Å². The molecule has 1 fully saturated rings. The third-order valence-electron chi connectivity index (χ3n) is 4.80. The molecule has 1 aliphatic carbocycles. The molecule has 0 unspecified atom stereocenters. The molecule has 0 amide bonds. The van der Waals surface area contributed by atoms with Crippen LogP contribution in [0.3, 0.4) is 0 Å². The van der Waals surface area contributed by atoms with Gasteiger partial charge in [0.15, 0.2) is 6.10 Å². The molecule has 2 aromatic rings. The number of aliphatic hydroxyl groups is 1. The lowest BCUT2D eigenvalue weighted by atomic mass is 9.85. The first-order valence-electron chi connectivity index (χ1n) is 9.24. The van der Waals surface area contributed by atoms with Crippen molar-refractivity contribution in [1.82, 2.24) is 0 Å². The number of rotatable bonds is 4. The molecule has 1 saturated carbocycles. The van der Waals surface area contributed by atoms with Gasteiger partial charge in [0.05, 0.1) is 5.56 Å². The van der Waals surface area contributed by atoms with Crippen molar-refractivity contribution in [2.24, 2.45) is 5.92 Å². The van der Waals surface area contributed by atoms with E-state index in [1.807, 2.05) is 48.5 Å². The summed E-state index contributed by atoms with van der Waals surface area (Å²) in [5.41, 5.74) is 1.27. The van der Waals surface area contributed by atoms with Gasteiger partial charge in [0.2, 0.25) is 0 Å². The molecule has 0 spiro atoms. The first kappa shape index (κ1) is 18.2. The molecule has 0 heterocycles. The summed E-state index contributed by atoms with van der Waals surface area (Å²) in [5.74, 6) is 5.80. The van der Waals surface area contributed by atoms with Gasteiger partial charge in [0.25, 0.3) is 0 Å². The summed E-state index contributed by atoms with van der Waals surface area (Å²) in [7, 11) is 0. The number of carbonyl (C=O) groups is 1. The fourth-order valence-electron chi connectivity index (χ4n) is 3.32. The highest BCUT2D eigenvalue weighted by atomic mass is 16.5. The Hall–Kier alpha value is -2.57. The van der Waals surface area contributed by atoms with Gasteiger partial charge in [-0.2, -0.15) is 0 Å². The lowest BCUT2D eigenvalue weighted by Crippen LogP contribution is -2.27. The molecular formula is C23H24O3. The molecule has 2 aromatic carbocycles. The van der Waals surface area contributed by atoms with Gasteiger partial charge in [-0.15, -0.1) is 0 Å². The maximum absolute atomic E-state index is 12.5. The molecule has 1 aliphatic rings. The monoisotopic (exact) mass is 348 g/mol. The average Bonchev–Trinajstić information content (AvgIpc) is 2.72. The Labute approximate surface area is 155 Å². The molecule has 0 aromatic heterocycles. The Morgan fingerprint density at radius 2 is 1.54 bits per heavy atom. The van der Waals surface area contributed by atoms with Crippen LogP contribution in [0.25, 0.3) is 0 Å². The minimum Gasteiger partial charge on any atom is -0.445 e. The molecule has 3 nitrogen and oxygen atoms in total. The zero-order valence-corrected chi connectivity index (χ0v) is 14.8. The Morgan fingerprint density at radius 3 is 2.19 bits per heavy atom. The molecule has 0 aliphatic heterocycles. The minimum absolute atomic E-state index is 0.229. The Morgan fingerprint density at radius 1 is 0.923 bits per heavy atom. The molecule has 134 valence electrons. The van der Waals surface area contributed by atoms with E-state index in [0.717, 1.165) is 31.2 Å². The molecule has 3 heteroatoms. The van der Waals surface area contributed by atoms with Crippen LogP contribution in [0.5, 0.6) is 0 Å². The quantitative estimate of drug-likeness (QED) is 0.652. The zero-order chi connectivity index (χ0) is 18.2. The predicted octanol–water partition coefficient (Wildman–Crippen LogP) is 4.53. The average molecular weight is 348 g/mol. The number of esters is 1. The minimum atomic E-state index is -0.877. The number of aliphatic hydroxyl groups excluding tert-OH is 1. The van der Waals surface area contributed by atoms with Gasteiger partial charge in [-0.05, 0) is 30.5 Å². The Balaban J connectivity index is 1.75. The second-order valence-electron chi connectivity index (χ2n) is 6.69. The standard InChI is InChI=1S/C23H24O3/c24-21(18-10-4-1-5-11-18)16-17-22(19-12-6-2-7-13-19)26-23(25)20-14-8-3-9-15-20/h1,3-5,8-11,14-15,19,21-22,24H,2,6-7,12-13H2/t21-,22-/m1/s1. The largest absolute Gasteiger partial charge is 0.445 e. The predicted molar refractivity (Wildman–Crippen MR) is 101 cm³/mol. The molecule has 0 bridgehead atoms. The van der Waals surface area contributed by atoms with Crippen LogP contribution < -0.4 is 0 Å². The summed E-state index contributed by atoms with van der Waals surface area (Å²) < 4.78 is 5.74. The highest BCUT2D eigenvalue weighted by Crippen LogP contribution is 2.28. The van der Waals surface area contributed by atoms with E-state index in [4.69, 9.17) is 4.74 Å². The van der Waals surface area contributed by atoms with Crippen LogP contribution in [0.2, 0.25) is 0 Å². The van der Waals surface area contributed by atoms with Crippen molar-refractivity contribution in [3.8, 4) is 11.8 Å². The smallest absolute Gasteiger partial charge is 0.339 e. The second kappa shape index (κ2) is 9.22. The zero-order valence-electron chi connectivity index (χ0n) is 14.8. The summed E-state index contributed by atoms with van der Waals surface area (Å²) in [6, 6.07) is 18.3. The van der Waals surface area contributed by atoms with Crippen LogP contribution >= 0.6 is 0 Å². The third-order valence-corrected chi connectivity index (χ3v) is 4.80. The Bertz CT molecular complexity index is 752. The normalized spacial score (nSPS) is 16.8. The lowest BCUT2D eigenvalue weighted by Gasteiger charge is -2.26. The van der Waals surface area contributed by atoms with Crippen LogP contribution in [-0.2, 0) is 4.74 Å². The Kier molecular flexibility index (Phi) is 6.46. The summed E-state index contributed by atoms with van der Waals surface area (Å²) >= 11 is 0. The van der Waals surface area contributed by atoms with Crippen LogP contribution in [0, 0.1) is 17.8 Å². The van der Waals surface area contributed by atoms with Crippen LogP contribution in [0.15, 0.2) is 60.7 Å². The van der Waals surface area contributed by atoms with Crippen molar-refractivity contribution in [1.29, 1.82) is 0 Å². The fraction of sp³-hybridized carbons (Fsp3) is 0.348. The van der Waals surface area contributed by atoms with Crippen molar-refractivity contribution in [2.45, 2.75) is 44.3 Å². The maximum atomic E-state index is 12.5. The summed E-state index contributed by atoms with van der Waals surface area (Å²) in [6.45, 7) is 0. The highest BCUT2D eigenvalue weighted by molar-refractivity contribution is 5.89. The second-order valence-corrected chi connectivity index (χ2v) is 6.69. The summed E-state index contributed by atoms with van der Waals surface area (Å²) in [5, 5.41) is 10.3. The molecule has 1 N–H and O–H groups in total. The van der Waals surface area contributed by atoms with E-state index in [1.165, 1.54) is 6.42 Å². The number of hydrogen-bond acceptors (Lipinski definition) is 3. The molecule has 0 saturated heterocycles. The van der Waals surface area contributed by atoms with Gasteiger partial charge in [-0.1, -0.05) is 79.6 Å². The van der Waals surface area contributed by atoms with E-state index in [2.05, 4.69) is 11.8 Å². The SMILES string of the molecule is O=C(O[C@H](C#C[C@@H](O)c1ccccc1)C1CCCCC1)c1ccccc1. The van der Waals surface area contributed by atoms with Gasteiger partial charge < -0.3 is 9.84 Å². The number of benzene rings is 2. The molecule has 26 heavy (non-hydrogen) atoms. The van der Waals surface area contributed by atoms with Crippen LogP contribution in [0.4, 0.5) is 0 Å². The maximum Gasteiger partial charge on any atom is 0.339 e. The molecule has 0 radical (unpaired) electrons. The fourth-order valence-corrected chi connectivity index (χ4v) is 3.32. The van der Waals surface area contributed by atoms with Gasteiger partial charge in [-0.25, -0.2) is 4.79 Å². The lowest BCUT2D eigenvalue weighted by molar-refractivity contribution is 0.0251. The van der Waals surface area contributed by atoms with Crippen molar-refractivity contribution >= 4 is 5.97 Å². The van der Waals surface area contributed by atoms with E-state index in [9.17, 15) is 9.90 Å². The van der Waals surface area contributed by atoms with E-state index >= 15 is 0 Å². The van der Waals surface area contributed by atoms with Crippen LogP contribution in [-0.4, -0.2) is 17.2 Å². The van der Waals surface area contributed by atoms with Crippen molar-refractivity contribution in [2.75, 3.05) is 0 Å². The number of ether oxygens (including phenoxy) is 1. The highest BCUT2D eigenvalue weighted by Gasteiger charge is 2.26. The first-order valence-corrected chi connectivity index (χ1v) is 9.24. The summed E-state index contributed by atoms with van der Waals surface area (Å²) in [4.78, 5) is 12.5.